The highest BCUT2D eigenvalue weighted by atomic mass is 16.6. The molecule has 4 heteroatoms. The zero-order valence-electron chi connectivity index (χ0n) is 11.5. The van der Waals surface area contributed by atoms with Crippen molar-refractivity contribution >= 4 is 6.09 Å². The Hall–Kier alpha value is -1.55. The van der Waals surface area contributed by atoms with Crippen LogP contribution in [0.3, 0.4) is 0 Å². The summed E-state index contributed by atoms with van der Waals surface area (Å²) in [5.41, 5.74) is 1.03. The highest BCUT2D eigenvalue weighted by Crippen LogP contribution is 2.18. The van der Waals surface area contributed by atoms with Crippen molar-refractivity contribution in [3.63, 3.8) is 0 Å². The Morgan fingerprint density at radius 3 is 2.95 bits per heavy atom. The van der Waals surface area contributed by atoms with Gasteiger partial charge in [0.25, 0.3) is 0 Å². The van der Waals surface area contributed by atoms with Crippen LogP contribution in [0.1, 0.15) is 25.3 Å². The Labute approximate surface area is 114 Å². The quantitative estimate of drug-likeness (QED) is 0.886. The van der Waals surface area contributed by atoms with E-state index in [1.165, 1.54) is 0 Å². The van der Waals surface area contributed by atoms with Crippen LogP contribution in [0.2, 0.25) is 0 Å². The fourth-order valence-electron chi connectivity index (χ4n) is 2.40. The first-order valence-corrected chi connectivity index (χ1v) is 6.99. The number of amides is 1. The molecule has 1 atom stereocenters. The molecule has 2 rings (SSSR count). The van der Waals surface area contributed by atoms with Crippen molar-refractivity contribution in [2.24, 2.45) is 0 Å². The molecular weight excluding hydrogens is 240 g/mol. The van der Waals surface area contributed by atoms with Crippen LogP contribution in [0.5, 0.6) is 0 Å². The van der Waals surface area contributed by atoms with E-state index < -0.39 is 0 Å². The molecule has 104 valence electrons. The largest absolute Gasteiger partial charge is 0.445 e. The highest BCUT2D eigenvalue weighted by molar-refractivity contribution is 5.68. The third-order valence-electron chi connectivity index (χ3n) is 3.45. The zero-order chi connectivity index (χ0) is 13.5. The second-order valence-corrected chi connectivity index (χ2v) is 4.84. The molecule has 1 fully saturated rings. The van der Waals surface area contributed by atoms with Crippen LogP contribution in [0.4, 0.5) is 4.79 Å². The molecule has 1 aromatic carbocycles. The van der Waals surface area contributed by atoms with E-state index in [0.29, 0.717) is 6.61 Å². The lowest BCUT2D eigenvalue weighted by atomic mass is 10.2. The van der Waals surface area contributed by atoms with Gasteiger partial charge in [-0.25, -0.2) is 4.79 Å². The van der Waals surface area contributed by atoms with Crippen LogP contribution in [-0.4, -0.2) is 36.7 Å². The summed E-state index contributed by atoms with van der Waals surface area (Å²) in [7, 11) is 0. The summed E-state index contributed by atoms with van der Waals surface area (Å²) < 4.78 is 5.38. The normalized spacial score (nSPS) is 18.6. The second-order valence-electron chi connectivity index (χ2n) is 4.84. The maximum Gasteiger partial charge on any atom is 0.410 e. The summed E-state index contributed by atoms with van der Waals surface area (Å²) in [6.07, 6.45) is 1.94. The molecule has 1 heterocycles. The third-order valence-corrected chi connectivity index (χ3v) is 3.45. The van der Waals surface area contributed by atoms with Gasteiger partial charge in [0.05, 0.1) is 0 Å². The van der Waals surface area contributed by atoms with Gasteiger partial charge in [-0.3, -0.25) is 0 Å². The first-order chi connectivity index (χ1) is 9.31. The topological polar surface area (TPSA) is 41.6 Å². The molecule has 0 unspecified atom stereocenters. The van der Waals surface area contributed by atoms with Gasteiger partial charge < -0.3 is 15.0 Å². The maximum atomic E-state index is 12.1. The highest BCUT2D eigenvalue weighted by Gasteiger charge is 2.29. The number of benzene rings is 1. The van der Waals surface area contributed by atoms with Crippen molar-refractivity contribution in [3.8, 4) is 0 Å². The minimum Gasteiger partial charge on any atom is -0.445 e. The Balaban J connectivity index is 1.82. The maximum absolute atomic E-state index is 12.1. The van der Waals surface area contributed by atoms with Gasteiger partial charge in [-0.2, -0.15) is 0 Å². The predicted octanol–water partition coefficient (Wildman–Crippen LogP) is 2.40. The van der Waals surface area contributed by atoms with Crippen molar-refractivity contribution in [3.05, 3.63) is 35.9 Å². The average molecular weight is 262 g/mol. The van der Waals surface area contributed by atoms with Gasteiger partial charge in [0, 0.05) is 19.1 Å². The van der Waals surface area contributed by atoms with Gasteiger partial charge >= 0.3 is 6.09 Å². The van der Waals surface area contributed by atoms with E-state index in [0.717, 1.165) is 38.0 Å². The van der Waals surface area contributed by atoms with E-state index in [1.807, 2.05) is 35.2 Å². The van der Waals surface area contributed by atoms with Crippen LogP contribution in [0.25, 0.3) is 0 Å². The molecule has 1 aliphatic heterocycles. The molecular formula is C15H22N2O2. The lowest BCUT2D eigenvalue weighted by Crippen LogP contribution is -2.41. The van der Waals surface area contributed by atoms with Gasteiger partial charge in [-0.05, 0) is 24.9 Å². The number of carbonyl (C=O) groups excluding carboxylic acids is 1. The molecule has 0 aliphatic carbocycles. The minimum absolute atomic E-state index is 0.191. The van der Waals surface area contributed by atoms with E-state index in [2.05, 4.69) is 12.2 Å². The molecule has 0 aromatic heterocycles. The molecule has 4 nitrogen and oxygen atoms in total. The van der Waals surface area contributed by atoms with E-state index in [9.17, 15) is 4.79 Å². The minimum atomic E-state index is -0.191. The van der Waals surface area contributed by atoms with E-state index >= 15 is 0 Å². The zero-order valence-corrected chi connectivity index (χ0v) is 11.5. The molecule has 1 saturated heterocycles. The fraction of sp³-hybridized carbons (Fsp3) is 0.533. The average Bonchev–Trinajstić information content (AvgIpc) is 2.92. The number of rotatable bonds is 5. The molecule has 19 heavy (non-hydrogen) atoms. The molecule has 0 spiro atoms. The van der Waals surface area contributed by atoms with Gasteiger partial charge in [0.1, 0.15) is 6.61 Å². The van der Waals surface area contributed by atoms with Crippen molar-refractivity contribution < 1.29 is 9.53 Å². The summed E-state index contributed by atoms with van der Waals surface area (Å²) in [5.74, 6) is 0. The number of nitrogens with zero attached hydrogens (tertiary/aromatic N) is 1. The number of likely N-dealkylation sites (tertiary alicyclic amines) is 1. The first-order valence-electron chi connectivity index (χ1n) is 6.99. The molecule has 0 saturated carbocycles. The van der Waals surface area contributed by atoms with Crippen LogP contribution >= 0.6 is 0 Å². The summed E-state index contributed by atoms with van der Waals surface area (Å²) in [6.45, 7) is 5.03. The van der Waals surface area contributed by atoms with E-state index in [1.54, 1.807) is 0 Å². The number of hydrogen-bond donors (Lipinski definition) is 1. The summed E-state index contributed by atoms with van der Waals surface area (Å²) >= 11 is 0. The smallest absolute Gasteiger partial charge is 0.410 e. The van der Waals surface area contributed by atoms with Gasteiger partial charge in [-0.1, -0.05) is 37.3 Å². The number of carbonyl (C=O) groups is 1. The van der Waals surface area contributed by atoms with Crippen molar-refractivity contribution in [1.82, 2.24) is 10.2 Å². The Kier molecular flexibility index (Phi) is 5.21. The SMILES string of the molecule is CCNC[C@H]1CCCN1C(=O)OCc1ccccc1. The Morgan fingerprint density at radius 1 is 1.42 bits per heavy atom. The van der Waals surface area contributed by atoms with E-state index in [4.69, 9.17) is 4.74 Å². The summed E-state index contributed by atoms with van der Waals surface area (Å²) in [6, 6.07) is 10.1. The van der Waals surface area contributed by atoms with Gasteiger partial charge in [0.2, 0.25) is 0 Å². The Morgan fingerprint density at radius 2 is 2.21 bits per heavy atom. The van der Waals surface area contributed by atoms with E-state index in [-0.39, 0.29) is 12.1 Å². The predicted molar refractivity (Wildman–Crippen MR) is 74.9 cm³/mol. The van der Waals surface area contributed by atoms with Crippen LogP contribution in [0, 0.1) is 0 Å². The molecule has 1 aliphatic rings. The van der Waals surface area contributed by atoms with Crippen LogP contribution in [-0.2, 0) is 11.3 Å². The lowest BCUT2D eigenvalue weighted by molar-refractivity contribution is 0.0920. The van der Waals surface area contributed by atoms with Crippen molar-refractivity contribution in [2.75, 3.05) is 19.6 Å². The molecule has 0 radical (unpaired) electrons. The first kappa shape index (κ1) is 13.9. The van der Waals surface area contributed by atoms with Crippen LogP contribution in [0.15, 0.2) is 30.3 Å². The number of likely N-dealkylation sites (N-methyl/N-ethyl adjacent to an activating group) is 1. The standard InChI is InChI=1S/C15H22N2O2/c1-2-16-11-14-9-6-10-17(14)15(18)19-12-13-7-4-3-5-8-13/h3-5,7-8,14,16H,2,6,9-12H2,1H3/t14-/m1/s1. The van der Waals surface area contributed by atoms with Crippen molar-refractivity contribution in [1.29, 1.82) is 0 Å². The Bertz CT molecular complexity index is 394. The van der Waals surface area contributed by atoms with Gasteiger partial charge in [-0.15, -0.1) is 0 Å². The second kappa shape index (κ2) is 7.14. The lowest BCUT2D eigenvalue weighted by Gasteiger charge is -2.24. The number of nitrogens with one attached hydrogen (secondary N) is 1. The fourth-order valence-corrected chi connectivity index (χ4v) is 2.40. The number of hydrogen-bond acceptors (Lipinski definition) is 3. The molecule has 1 amide bonds. The summed E-state index contributed by atoms with van der Waals surface area (Å²) in [4.78, 5) is 13.9. The van der Waals surface area contributed by atoms with Crippen molar-refractivity contribution in [2.45, 2.75) is 32.4 Å². The number of ether oxygens (including phenoxy) is 1. The molecule has 1 N–H and O–H groups in total. The molecule has 0 bridgehead atoms. The molecule has 1 aromatic rings. The monoisotopic (exact) mass is 262 g/mol. The van der Waals surface area contributed by atoms with Gasteiger partial charge in [0.15, 0.2) is 0 Å². The summed E-state index contributed by atoms with van der Waals surface area (Å²) in [5, 5.41) is 3.30. The third kappa shape index (κ3) is 3.96. The van der Waals surface area contributed by atoms with Crippen LogP contribution < -0.4 is 5.32 Å².